The van der Waals surface area contributed by atoms with Gasteiger partial charge in [0.2, 0.25) is 15.9 Å². The van der Waals surface area contributed by atoms with Crippen LogP contribution in [0.25, 0.3) is 0 Å². The van der Waals surface area contributed by atoms with E-state index >= 15 is 0 Å². The van der Waals surface area contributed by atoms with Crippen LogP contribution in [-0.4, -0.2) is 63.2 Å². The number of halogens is 1. The van der Waals surface area contributed by atoms with Crippen molar-refractivity contribution >= 4 is 39.1 Å². The highest BCUT2D eigenvalue weighted by Crippen LogP contribution is 2.48. The van der Waals surface area contributed by atoms with Crippen molar-refractivity contribution in [3.63, 3.8) is 0 Å². The summed E-state index contributed by atoms with van der Waals surface area (Å²) < 4.78 is 35.7. The summed E-state index contributed by atoms with van der Waals surface area (Å²) in [4.78, 5) is 31.7. The summed E-state index contributed by atoms with van der Waals surface area (Å²) in [6, 6.07) is 11.5. The first kappa shape index (κ1) is 31.8. The number of carbonyl (C=O) groups excluding carboxylic acids is 2. The van der Waals surface area contributed by atoms with E-state index < -0.39 is 21.2 Å². The zero-order valence-electron chi connectivity index (χ0n) is 27.0. The number of aryl methyl sites for hydroxylation is 1. The molecule has 2 amide bonds. The van der Waals surface area contributed by atoms with Crippen LogP contribution < -0.4 is 14.4 Å². The normalized spacial score (nSPS) is 32.5. The molecule has 0 unspecified atom stereocenters. The fraction of sp³-hybridized carbons (Fsp3) is 0.611. The monoisotopic (exact) mass is 667 g/mol. The first-order chi connectivity index (χ1) is 22.0. The summed E-state index contributed by atoms with van der Waals surface area (Å²) in [5, 5.41) is -0.00564. The Labute approximate surface area is 278 Å². The van der Waals surface area contributed by atoms with E-state index in [0.29, 0.717) is 36.8 Å². The molecule has 2 fully saturated rings. The number of hydrogen-bond acceptors (Lipinski definition) is 6. The Balaban J connectivity index is 1.29. The van der Waals surface area contributed by atoms with E-state index in [1.165, 1.54) is 11.1 Å². The van der Waals surface area contributed by atoms with Gasteiger partial charge < -0.3 is 14.5 Å². The zero-order valence-corrected chi connectivity index (χ0v) is 28.5. The summed E-state index contributed by atoms with van der Waals surface area (Å²) in [5.41, 5.74) is 3.38. The van der Waals surface area contributed by atoms with Gasteiger partial charge in [0.25, 0.3) is 5.91 Å². The third-order valence-corrected chi connectivity index (χ3v) is 14.1. The number of benzene rings is 2. The lowest BCUT2D eigenvalue weighted by molar-refractivity contribution is -0.144. The number of amides is 2. The van der Waals surface area contributed by atoms with Gasteiger partial charge in [-0.05, 0) is 118 Å². The van der Waals surface area contributed by atoms with Gasteiger partial charge in [0.15, 0.2) is 0 Å². The third-order valence-electron chi connectivity index (χ3n) is 11.9. The summed E-state index contributed by atoms with van der Waals surface area (Å²) in [6.45, 7) is 7.25. The summed E-state index contributed by atoms with van der Waals surface area (Å²) >= 11 is 6.44. The Morgan fingerprint density at radius 2 is 1.85 bits per heavy atom. The third kappa shape index (κ3) is 5.80. The molecule has 3 heterocycles. The lowest BCUT2D eigenvalue weighted by atomic mass is 9.64. The maximum absolute atomic E-state index is 13.9. The van der Waals surface area contributed by atoms with Crippen LogP contribution in [-0.2, 0) is 26.7 Å². The maximum atomic E-state index is 13.9. The standard InChI is InChI=1S/C36H46ClN3O5S/c1-23-6-3-8-30(35(42)39-16-5-17-39)29-12-9-27(29)20-40-21-36(15-4-7-25-18-28(37)11-13-31(25)36)22-45-33-14-10-26(19-32(33)40)34(41)38-46(43,44)24(23)2/h10-11,13-14,18-19,23-24,27,29-30H,3-9,12,15-17,20-22H2,1-2H3,(H,38,41)/t23-,24+,27-,29+,30-,36-/m0/s1. The van der Waals surface area contributed by atoms with Crippen LogP contribution in [0.15, 0.2) is 36.4 Å². The Morgan fingerprint density at radius 1 is 1.02 bits per heavy atom. The minimum atomic E-state index is -3.91. The number of carbonyl (C=O) groups is 2. The van der Waals surface area contributed by atoms with Crippen molar-refractivity contribution in [3.8, 4) is 5.75 Å². The van der Waals surface area contributed by atoms with E-state index in [9.17, 15) is 18.0 Å². The molecule has 1 spiro atoms. The first-order valence-electron chi connectivity index (χ1n) is 17.2. The Kier molecular flexibility index (Phi) is 8.54. The second-order valence-corrected chi connectivity index (χ2v) is 17.1. The average molecular weight is 668 g/mol. The van der Waals surface area contributed by atoms with Crippen LogP contribution in [0.1, 0.15) is 86.7 Å². The molecule has 8 nitrogen and oxygen atoms in total. The second-order valence-electron chi connectivity index (χ2n) is 14.7. The van der Waals surface area contributed by atoms with Gasteiger partial charge in [-0.3, -0.25) is 9.59 Å². The molecule has 1 N–H and O–H groups in total. The molecule has 7 rings (SSSR count). The molecule has 1 saturated carbocycles. The molecular weight excluding hydrogens is 622 g/mol. The van der Waals surface area contributed by atoms with E-state index in [1.54, 1.807) is 19.1 Å². The second kappa shape index (κ2) is 12.3. The lowest BCUT2D eigenvalue weighted by Gasteiger charge is -2.47. The molecule has 2 aromatic carbocycles. The highest BCUT2D eigenvalue weighted by atomic mass is 35.5. The van der Waals surface area contributed by atoms with Crippen LogP contribution in [0.2, 0.25) is 5.02 Å². The van der Waals surface area contributed by atoms with Gasteiger partial charge in [-0.15, -0.1) is 0 Å². The number of nitrogens with zero attached hydrogens (tertiary/aromatic N) is 2. The van der Waals surface area contributed by atoms with Crippen LogP contribution >= 0.6 is 11.6 Å². The maximum Gasteiger partial charge on any atom is 0.264 e. The molecule has 0 radical (unpaired) electrons. The molecule has 2 bridgehead atoms. The molecule has 46 heavy (non-hydrogen) atoms. The van der Waals surface area contributed by atoms with Crippen LogP contribution in [0.4, 0.5) is 5.69 Å². The Morgan fingerprint density at radius 3 is 2.59 bits per heavy atom. The summed E-state index contributed by atoms with van der Waals surface area (Å²) in [5.74, 6) is 0.774. The van der Waals surface area contributed by atoms with Crippen molar-refractivity contribution in [1.82, 2.24) is 9.62 Å². The highest BCUT2D eigenvalue weighted by molar-refractivity contribution is 7.90. The van der Waals surface area contributed by atoms with E-state index in [-0.39, 0.29) is 29.1 Å². The highest BCUT2D eigenvalue weighted by Gasteiger charge is 2.46. The fourth-order valence-corrected chi connectivity index (χ4v) is 10.2. The molecule has 0 aromatic heterocycles. The van der Waals surface area contributed by atoms with Gasteiger partial charge in [-0.2, -0.15) is 0 Å². The zero-order chi connectivity index (χ0) is 32.2. The Hall–Kier alpha value is -2.78. The fourth-order valence-electron chi connectivity index (χ4n) is 8.66. The van der Waals surface area contributed by atoms with E-state index in [2.05, 4.69) is 21.8 Å². The number of sulfonamides is 1. The van der Waals surface area contributed by atoms with E-state index in [0.717, 1.165) is 81.7 Å². The minimum absolute atomic E-state index is 0.0497. The summed E-state index contributed by atoms with van der Waals surface area (Å²) in [6.07, 6.45) is 8.37. The molecule has 3 aliphatic heterocycles. The summed E-state index contributed by atoms with van der Waals surface area (Å²) in [7, 11) is -3.91. The smallest absolute Gasteiger partial charge is 0.264 e. The molecule has 248 valence electrons. The predicted octanol–water partition coefficient (Wildman–Crippen LogP) is 5.96. The molecule has 6 atom stereocenters. The number of anilines is 1. The van der Waals surface area contributed by atoms with E-state index in [4.69, 9.17) is 16.3 Å². The molecule has 2 aliphatic carbocycles. The number of hydrogen-bond donors (Lipinski definition) is 1. The number of likely N-dealkylation sites (tertiary alicyclic amines) is 1. The van der Waals surface area contributed by atoms with Crippen LogP contribution in [0, 0.1) is 23.7 Å². The van der Waals surface area contributed by atoms with Crippen molar-refractivity contribution in [2.45, 2.75) is 82.3 Å². The van der Waals surface area contributed by atoms with Gasteiger partial charge in [0.1, 0.15) is 5.75 Å². The van der Waals surface area contributed by atoms with Crippen molar-refractivity contribution in [1.29, 1.82) is 0 Å². The Bertz CT molecular complexity index is 1630. The van der Waals surface area contributed by atoms with Gasteiger partial charge >= 0.3 is 0 Å². The number of nitrogens with one attached hydrogen (secondary N) is 1. The number of fused-ring (bicyclic) bond motifs is 4. The number of ether oxygens (including phenoxy) is 1. The van der Waals surface area contributed by atoms with Gasteiger partial charge in [-0.1, -0.05) is 31.0 Å². The van der Waals surface area contributed by atoms with Crippen LogP contribution in [0.3, 0.4) is 0 Å². The topological polar surface area (TPSA) is 96.0 Å². The van der Waals surface area contributed by atoms with Crippen molar-refractivity contribution in [2.24, 2.45) is 23.7 Å². The molecule has 10 heteroatoms. The van der Waals surface area contributed by atoms with Crippen molar-refractivity contribution in [2.75, 3.05) is 37.7 Å². The molecular formula is C36H46ClN3O5S. The van der Waals surface area contributed by atoms with Gasteiger partial charge in [0, 0.05) is 48.1 Å². The SMILES string of the molecule is C[C@@H]1[C@@H](C)CCC[C@H](C(=O)N2CCC2)[C@@H]2CC[C@H]2CN2C[C@@]3(CCCc4cc(Cl)ccc43)COc3ccc(cc32)C(=O)NS1(=O)=O. The van der Waals surface area contributed by atoms with Crippen molar-refractivity contribution < 1.29 is 22.7 Å². The van der Waals surface area contributed by atoms with Gasteiger partial charge in [-0.25, -0.2) is 13.1 Å². The quantitative estimate of drug-likeness (QED) is 0.404. The van der Waals surface area contributed by atoms with E-state index in [1.807, 2.05) is 24.0 Å². The molecule has 1 saturated heterocycles. The number of rotatable bonds is 1. The average Bonchev–Trinajstić information content (AvgIpc) is 3.13. The van der Waals surface area contributed by atoms with Gasteiger partial charge in [0.05, 0.1) is 17.5 Å². The largest absolute Gasteiger partial charge is 0.490 e. The first-order valence-corrected chi connectivity index (χ1v) is 19.1. The predicted molar refractivity (Wildman–Crippen MR) is 180 cm³/mol. The van der Waals surface area contributed by atoms with Crippen molar-refractivity contribution in [3.05, 3.63) is 58.1 Å². The minimum Gasteiger partial charge on any atom is -0.490 e. The van der Waals surface area contributed by atoms with Crippen LogP contribution in [0.5, 0.6) is 5.75 Å². The lowest BCUT2D eigenvalue weighted by Crippen LogP contribution is -2.52. The molecule has 2 aromatic rings. The molecule has 5 aliphatic rings.